The fourth-order valence-electron chi connectivity index (χ4n) is 5.49. The molecule has 3 N–H and O–H groups in total. The molecule has 6 nitrogen and oxygen atoms in total. The number of nitrogens with zero attached hydrogens (tertiary/aromatic N) is 4. The summed E-state index contributed by atoms with van der Waals surface area (Å²) in [6.45, 7) is 2.24. The molecule has 180 valence electrons. The van der Waals surface area contributed by atoms with Gasteiger partial charge in [0, 0.05) is 12.2 Å². The van der Waals surface area contributed by atoms with E-state index in [1.165, 1.54) is 12.1 Å². The number of hydrogen-bond donors (Lipinski definition) is 2. The van der Waals surface area contributed by atoms with E-state index in [-0.39, 0.29) is 23.2 Å². The Bertz CT molecular complexity index is 1360. The maximum atomic E-state index is 14.9. The molecule has 0 aliphatic heterocycles. The minimum Gasteiger partial charge on any atom is -0.328 e. The fourth-order valence-corrected chi connectivity index (χ4v) is 5.49. The average molecular weight is 475 g/mol. The Morgan fingerprint density at radius 1 is 1.00 bits per heavy atom. The van der Waals surface area contributed by atoms with E-state index < -0.39 is 11.6 Å². The van der Waals surface area contributed by atoms with E-state index in [0.29, 0.717) is 23.3 Å². The summed E-state index contributed by atoms with van der Waals surface area (Å²) < 4.78 is 31.5. The molecule has 0 spiro atoms. The molecular formula is C27H28F2N6. The van der Waals surface area contributed by atoms with Crippen molar-refractivity contribution in [1.82, 2.24) is 19.6 Å². The zero-order valence-electron chi connectivity index (χ0n) is 19.6. The zero-order valence-corrected chi connectivity index (χ0v) is 19.6. The third-order valence-electron chi connectivity index (χ3n) is 7.27. The van der Waals surface area contributed by atoms with Crippen LogP contribution in [0.2, 0.25) is 0 Å². The van der Waals surface area contributed by atoms with Crippen LogP contribution in [0.1, 0.15) is 62.0 Å². The van der Waals surface area contributed by atoms with Crippen LogP contribution in [-0.4, -0.2) is 25.6 Å². The number of pyridine rings is 1. The molecule has 2 saturated carbocycles. The summed E-state index contributed by atoms with van der Waals surface area (Å²) in [5, 5.41) is 7.91. The Hall–Kier alpha value is -3.39. The summed E-state index contributed by atoms with van der Waals surface area (Å²) in [4.78, 5) is 8.79. The largest absolute Gasteiger partial charge is 0.328 e. The summed E-state index contributed by atoms with van der Waals surface area (Å²) in [7, 11) is 0. The van der Waals surface area contributed by atoms with E-state index in [4.69, 9.17) is 5.73 Å². The van der Waals surface area contributed by atoms with Gasteiger partial charge in [-0.15, -0.1) is 0 Å². The molecule has 3 aromatic heterocycles. The van der Waals surface area contributed by atoms with Crippen molar-refractivity contribution in [3.63, 3.8) is 0 Å². The Morgan fingerprint density at radius 3 is 2.54 bits per heavy atom. The molecule has 2 aliphatic carbocycles. The molecule has 1 aromatic carbocycles. The molecule has 0 bridgehead atoms. The Kier molecular flexibility index (Phi) is 5.48. The number of rotatable bonds is 5. The van der Waals surface area contributed by atoms with Crippen LogP contribution in [0.5, 0.6) is 0 Å². The number of fused-ring (bicyclic) bond motifs is 1. The first-order chi connectivity index (χ1) is 17.0. The number of halogens is 2. The van der Waals surface area contributed by atoms with Crippen LogP contribution < -0.4 is 11.1 Å². The molecule has 3 atom stereocenters. The fraction of sp³-hybridized carbons (Fsp3) is 0.370. The molecule has 0 radical (unpaired) electrons. The van der Waals surface area contributed by atoms with Crippen molar-refractivity contribution >= 4 is 17.2 Å². The molecule has 0 amide bonds. The molecule has 6 rings (SSSR count). The molecule has 3 unspecified atom stereocenters. The highest BCUT2D eigenvalue weighted by molar-refractivity contribution is 5.66. The normalized spacial score (nSPS) is 22.5. The number of anilines is 2. The van der Waals surface area contributed by atoms with Crippen LogP contribution in [-0.2, 0) is 0 Å². The first-order valence-electron chi connectivity index (χ1n) is 12.3. The molecule has 2 fully saturated rings. The van der Waals surface area contributed by atoms with Crippen LogP contribution in [0.25, 0.3) is 16.8 Å². The van der Waals surface area contributed by atoms with Crippen LogP contribution in [0.4, 0.5) is 20.4 Å². The van der Waals surface area contributed by atoms with Crippen molar-refractivity contribution in [1.29, 1.82) is 0 Å². The predicted molar refractivity (Wildman–Crippen MR) is 132 cm³/mol. The van der Waals surface area contributed by atoms with Crippen molar-refractivity contribution in [2.75, 3.05) is 5.32 Å². The molecule has 2 aliphatic rings. The molecule has 4 aromatic rings. The number of imidazole rings is 1. The van der Waals surface area contributed by atoms with Crippen molar-refractivity contribution < 1.29 is 8.78 Å². The van der Waals surface area contributed by atoms with E-state index in [2.05, 4.69) is 27.3 Å². The Morgan fingerprint density at radius 2 is 1.80 bits per heavy atom. The minimum atomic E-state index is -0.592. The summed E-state index contributed by atoms with van der Waals surface area (Å²) in [6, 6.07) is 8.47. The van der Waals surface area contributed by atoms with Gasteiger partial charge in [-0.25, -0.2) is 13.8 Å². The Labute approximate surface area is 202 Å². The summed E-state index contributed by atoms with van der Waals surface area (Å²) in [5.74, 6) is 0.416. The first kappa shape index (κ1) is 22.1. The predicted octanol–water partition coefficient (Wildman–Crippen LogP) is 5.92. The maximum Gasteiger partial charge on any atom is 0.229 e. The quantitative estimate of drug-likeness (QED) is 0.375. The lowest BCUT2D eigenvalue weighted by atomic mass is 9.76. The average Bonchev–Trinajstić information content (AvgIpc) is 3.60. The van der Waals surface area contributed by atoms with Crippen molar-refractivity contribution in [2.24, 2.45) is 11.7 Å². The topological polar surface area (TPSA) is 81.1 Å². The van der Waals surface area contributed by atoms with E-state index in [9.17, 15) is 8.78 Å². The monoisotopic (exact) mass is 474 g/mol. The van der Waals surface area contributed by atoms with Gasteiger partial charge in [-0.2, -0.15) is 9.61 Å². The lowest BCUT2D eigenvalue weighted by Crippen LogP contribution is -2.31. The van der Waals surface area contributed by atoms with Gasteiger partial charge in [-0.05, 0) is 91.3 Å². The number of hydrogen-bond acceptors (Lipinski definition) is 5. The van der Waals surface area contributed by atoms with Gasteiger partial charge in [0.2, 0.25) is 5.95 Å². The summed E-state index contributed by atoms with van der Waals surface area (Å²) in [5.41, 5.74) is 9.82. The SMILES string of the molecule is CC1CC(N)CC(c2ccncc2Nc2ncc3ccc(-c4c(F)cc(C5CC5)cc4F)nn23)C1. The van der Waals surface area contributed by atoms with Crippen LogP contribution in [0.15, 0.2) is 48.9 Å². The second-order valence-electron chi connectivity index (χ2n) is 10.1. The van der Waals surface area contributed by atoms with Gasteiger partial charge in [-0.3, -0.25) is 4.98 Å². The second-order valence-corrected chi connectivity index (χ2v) is 10.1. The van der Waals surface area contributed by atoms with Gasteiger partial charge in [0.05, 0.1) is 34.9 Å². The van der Waals surface area contributed by atoms with E-state index >= 15 is 0 Å². The van der Waals surface area contributed by atoms with Gasteiger partial charge in [0.25, 0.3) is 0 Å². The van der Waals surface area contributed by atoms with Crippen LogP contribution in [0, 0.1) is 17.6 Å². The van der Waals surface area contributed by atoms with Gasteiger partial charge in [0.1, 0.15) is 11.6 Å². The minimum absolute atomic E-state index is 0.122. The first-order valence-corrected chi connectivity index (χ1v) is 12.3. The third-order valence-corrected chi connectivity index (χ3v) is 7.27. The number of aromatic nitrogens is 4. The lowest BCUT2D eigenvalue weighted by Gasteiger charge is -2.32. The standard InChI is InChI=1S/C27H28F2N6/c1-15-8-18(10-19(30)9-15)21-6-7-31-14-25(21)33-27-32-13-20-4-5-24(34-35(20)27)26-22(28)11-17(12-23(26)29)16-2-3-16/h4-7,11-16,18-19H,2-3,8-10,30H2,1H3,(H,32,33). The van der Waals surface area contributed by atoms with Crippen molar-refractivity contribution in [3.05, 3.63) is 71.7 Å². The highest BCUT2D eigenvalue weighted by Crippen LogP contribution is 2.42. The molecule has 8 heteroatoms. The van der Waals surface area contributed by atoms with Gasteiger partial charge in [-0.1, -0.05) is 6.92 Å². The summed E-state index contributed by atoms with van der Waals surface area (Å²) >= 11 is 0. The smallest absolute Gasteiger partial charge is 0.229 e. The number of nitrogens with one attached hydrogen (secondary N) is 1. The number of nitrogens with two attached hydrogens (primary N) is 1. The molecular weight excluding hydrogens is 446 g/mol. The van der Waals surface area contributed by atoms with Crippen molar-refractivity contribution in [2.45, 2.75) is 56.9 Å². The number of benzene rings is 1. The van der Waals surface area contributed by atoms with Gasteiger partial charge < -0.3 is 11.1 Å². The van der Waals surface area contributed by atoms with E-state index in [0.717, 1.165) is 48.9 Å². The lowest BCUT2D eigenvalue weighted by molar-refractivity contribution is 0.308. The molecule has 35 heavy (non-hydrogen) atoms. The Balaban J connectivity index is 1.35. The summed E-state index contributed by atoms with van der Waals surface area (Å²) in [6.07, 6.45) is 10.2. The maximum absolute atomic E-state index is 14.9. The third kappa shape index (κ3) is 4.27. The van der Waals surface area contributed by atoms with E-state index in [1.807, 2.05) is 6.07 Å². The van der Waals surface area contributed by atoms with Crippen molar-refractivity contribution in [3.8, 4) is 11.3 Å². The van der Waals surface area contributed by atoms with Gasteiger partial charge >= 0.3 is 0 Å². The van der Waals surface area contributed by atoms with Crippen LogP contribution >= 0.6 is 0 Å². The molecule has 0 saturated heterocycles. The van der Waals surface area contributed by atoms with Crippen LogP contribution in [0.3, 0.4) is 0 Å². The van der Waals surface area contributed by atoms with E-state index in [1.54, 1.807) is 35.2 Å². The highest BCUT2D eigenvalue weighted by atomic mass is 19.1. The van der Waals surface area contributed by atoms with Gasteiger partial charge in [0.15, 0.2) is 0 Å². The highest BCUT2D eigenvalue weighted by Gasteiger charge is 2.28. The molecule has 3 heterocycles. The zero-order chi connectivity index (χ0) is 24.1. The second kappa shape index (κ2) is 8.68.